The van der Waals surface area contributed by atoms with Crippen molar-refractivity contribution in [2.45, 2.75) is 13.5 Å². The van der Waals surface area contributed by atoms with Crippen LogP contribution in [0.3, 0.4) is 0 Å². The maximum atomic E-state index is 5.70. The lowest BCUT2D eigenvalue weighted by Gasteiger charge is -2.08. The molecule has 100 valence electrons. The van der Waals surface area contributed by atoms with Gasteiger partial charge in [0, 0.05) is 24.0 Å². The zero-order valence-corrected chi connectivity index (χ0v) is 11.7. The van der Waals surface area contributed by atoms with E-state index in [4.69, 9.17) is 22.7 Å². The van der Waals surface area contributed by atoms with Crippen molar-refractivity contribution in [1.29, 1.82) is 0 Å². The number of nitrogens with two attached hydrogens (primary N) is 1. The van der Waals surface area contributed by atoms with E-state index in [1.54, 1.807) is 0 Å². The van der Waals surface area contributed by atoms with Crippen LogP contribution < -0.4 is 15.8 Å². The van der Waals surface area contributed by atoms with Crippen LogP contribution in [-0.2, 0) is 13.7 Å². The summed E-state index contributed by atoms with van der Waals surface area (Å²) in [6.45, 7) is 2.52. The molecule has 0 aliphatic carbocycles. The van der Waals surface area contributed by atoms with Gasteiger partial charge in [0.1, 0.15) is 12.4 Å². The fourth-order valence-electron chi connectivity index (χ4n) is 1.62. The molecular weight excluding hydrogens is 260 g/mol. The van der Waals surface area contributed by atoms with Crippen LogP contribution in [0.5, 0.6) is 5.75 Å². The van der Waals surface area contributed by atoms with E-state index >= 15 is 0 Å². The van der Waals surface area contributed by atoms with Crippen molar-refractivity contribution in [3.05, 3.63) is 41.7 Å². The molecule has 0 unspecified atom stereocenters. The second-order valence-corrected chi connectivity index (χ2v) is 4.62. The average Bonchev–Trinajstić information content (AvgIpc) is 2.69. The summed E-state index contributed by atoms with van der Waals surface area (Å²) in [6, 6.07) is 7.47. The monoisotopic (exact) mass is 276 g/mol. The number of benzene rings is 1. The van der Waals surface area contributed by atoms with Crippen molar-refractivity contribution < 1.29 is 4.74 Å². The molecule has 0 bridgehead atoms. The Morgan fingerprint density at radius 3 is 2.63 bits per heavy atom. The molecule has 0 aliphatic rings. The van der Waals surface area contributed by atoms with Crippen LogP contribution in [-0.4, -0.2) is 14.9 Å². The molecule has 2 rings (SSSR count). The van der Waals surface area contributed by atoms with Crippen molar-refractivity contribution in [3.63, 3.8) is 0 Å². The van der Waals surface area contributed by atoms with Gasteiger partial charge in [-0.3, -0.25) is 4.68 Å². The van der Waals surface area contributed by atoms with Crippen LogP contribution >= 0.6 is 12.2 Å². The van der Waals surface area contributed by atoms with Crippen LogP contribution in [0.4, 0.5) is 5.69 Å². The molecule has 19 heavy (non-hydrogen) atoms. The highest BCUT2D eigenvalue weighted by atomic mass is 32.1. The number of ether oxygens (including phenoxy) is 1. The Morgan fingerprint density at radius 2 is 2.11 bits per heavy atom. The number of aromatic nitrogens is 2. The molecule has 0 radical (unpaired) electrons. The predicted octanol–water partition coefficient (Wildman–Crippen LogP) is 1.96. The first-order valence-corrected chi connectivity index (χ1v) is 6.24. The summed E-state index contributed by atoms with van der Waals surface area (Å²) in [6.07, 6.45) is 1.82. The van der Waals surface area contributed by atoms with E-state index < -0.39 is 0 Å². The molecule has 0 atom stereocenters. The summed E-state index contributed by atoms with van der Waals surface area (Å²) in [4.78, 5) is 0. The first-order chi connectivity index (χ1) is 9.06. The van der Waals surface area contributed by atoms with Gasteiger partial charge in [0.05, 0.1) is 6.20 Å². The highest BCUT2D eigenvalue weighted by molar-refractivity contribution is 7.80. The molecule has 2 aromatic rings. The first kappa shape index (κ1) is 13.4. The largest absolute Gasteiger partial charge is 0.489 e. The number of hydrogen-bond acceptors (Lipinski definition) is 3. The van der Waals surface area contributed by atoms with E-state index in [-0.39, 0.29) is 5.11 Å². The molecule has 6 heteroatoms. The first-order valence-electron chi connectivity index (χ1n) is 5.83. The second-order valence-electron chi connectivity index (χ2n) is 4.18. The summed E-state index contributed by atoms with van der Waals surface area (Å²) in [5.41, 5.74) is 8.42. The third kappa shape index (κ3) is 3.45. The van der Waals surface area contributed by atoms with Gasteiger partial charge in [-0.15, -0.1) is 0 Å². The minimum absolute atomic E-state index is 0.250. The topological polar surface area (TPSA) is 65.1 Å². The molecule has 0 spiro atoms. The molecule has 1 aromatic heterocycles. The summed E-state index contributed by atoms with van der Waals surface area (Å²) >= 11 is 4.77. The predicted molar refractivity (Wildman–Crippen MR) is 79.1 cm³/mol. The SMILES string of the molecule is Cc1c(COc2ccc(NC(N)=S)cc2)cnn1C. The van der Waals surface area contributed by atoms with Gasteiger partial charge in [0.2, 0.25) is 0 Å². The third-order valence-electron chi connectivity index (χ3n) is 2.85. The maximum absolute atomic E-state index is 5.70. The average molecular weight is 276 g/mol. The van der Waals surface area contributed by atoms with Crippen LogP contribution in [0, 0.1) is 6.92 Å². The zero-order chi connectivity index (χ0) is 13.8. The Balaban J connectivity index is 1.96. The Hall–Kier alpha value is -2.08. The molecular formula is C13H16N4OS. The maximum Gasteiger partial charge on any atom is 0.168 e. The van der Waals surface area contributed by atoms with Gasteiger partial charge in [-0.2, -0.15) is 5.10 Å². The normalized spacial score (nSPS) is 10.2. The fourth-order valence-corrected chi connectivity index (χ4v) is 1.74. The second kappa shape index (κ2) is 5.71. The molecule has 0 aliphatic heterocycles. The Labute approximate surface area is 117 Å². The summed E-state index contributed by atoms with van der Waals surface area (Å²) in [5, 5.41) is 7.28. The van der Waals surface area contributed by atoms with Gasteiger partial charge < -0.3 is 15.8 Å². The van der Waals surface area contributed by atoms with Crippen molar-refractivity contribution in [3.8, 4) is 5.75 Å². The third-order valence-corrected chi connectivity index (χ3v) is 2.96. The molecule has 1 aromatic carbocycles. The zero-order valence-electron chi connectivity index (χ0n) is 10.9. The molecule has 1 heterocycles. The van der Waals surface area contributed by atoms with E-state index in [1.165, 1.54) is 0 Å². The van der Waals surface area contributed by atoms with E-state index in [2.05, 4.69) is 10.4 Å². The number of aryl methyl sites for hydroxylation is 1. The Kier molecular flexibility index (Phi) is 4.01. The minimum Gasteiger partial charge on any atom is -0.489 e. The number of rotatable bonds is 4. The van der Waals surface area contributed by atoms with Crippen molar-refractivity contribution in [2.75, 3.05) is 5.32 Å². The molecule has 0 saturated heterocycles. The lowest BCUT2D eigenvalue weighted by molar-refractivity contribution is 0.305. The smallest absolute Gasteiger partial charge is 0.168 e. The number of thiocarbonyl (C=S) groups is 1. The summed E-state index contributed by atoms with van der Waals surface area (Å²) in [5.74, 6) is 0.789. The number of anilines is 1. The van der Waals surface area contributed by atoms with Gasteiger partial charge in [-0.1, -0.05) is 0 Å². The van der Waals surface area contributed by atoms with Crippen molar-refractivity contribution in [2.24, 2.45) is 12.8 Å². The highest BCUT2D eigenvalue weighted by Gasteiger charge is 2.04. The number of nitrogens with one attached hydrogen (secondary N) is 1. The van der Waals surface area contributed by atoms with Crippen LogP contribution in [0.2, 0.25) is 0 Å². The molecule has 0 fully saturated rings. The molecule has 5 nitrogen and oxygen atoms in total. The number of hydrogen-bond donors (Lipinski definition) is 2. The Bertz CT molecular complexity index is 577. The standard InChI is InChI=1S/C13H16N4OS/c1-9-10(7-15-17(9)2)8-18-12-5-3-11(4-6-12)16-13(14)19/h3-7H,8H2,1-2H3,(H3,14,16,19). The summed E-state index contributed by atoms with van der Waals surface area (Å²) < 4.78 is 7.53. The van der Waals surface area contributed by atoms with Crippen LogP contribution in [0.25, 0.3) is 0 Å². The van der Waals surface area contributed by atoms with Gasteiger partial charge >= 0.3 is 0 Å². The molecule has 0 amide bonds. The van der Waals surface area contributed by atoms with Crippen LogP contribution in [0.1, 0.15) is 11.3 Å². The Morgan fingerprint density at radius 1 is 1.42 bits per heavy atom. The quantitative estimate of drug-likeness (QED) is 0.836. The van der Waals surface area contributed by atoms with Gasteiger partial charge in [0.15, 0.2) is 5.11 Å². The molecule has 0 saturated carbocycles. The van der Waals surface area contributed by atoms with E-state index in [9.17, 15) is 0 Å². The van der Waals surface area contributed by atoms with Crippen molar-refractivity contribution in [1.82, 2.24) is 9.78 Å². The highest BCUT2D eigenvalue weighted by Crippen LogP contribution is 2.17. The fraction of sp³-hybridized carbons (Fsp3) is 0.231. The van der Waals surface area contributed by atoms with Gasteiger partial charge in [0.25, 0.3) is 0 Å². The molecule has 3 N–H and O–H groups in total. The van der Waals surface area contributed by atoms with Crippen LogP contribution in [0.15, 0.2) is 30.5 Å². The van der Waals surface area contributed by atoms with Gasteiger partial charge in [-0.25, -0.2) is 0 Å². The van der Waals surface area contributed by atoms with Crippen molar-refractivity contribution >= 4 is 23.0 Å². The number of nitrogens with zero attached hydrogens (tertiary/aromatic N) is 2. The van der Waals surface area contributed by atoms with E-state index in [0.29, 0.717) is 6.61 Å². The lowest BCUT2D eigenvalue weighted by atomic mass is 10.2. The van der Waals surface area contributed by atoms with E-state index in [1.807, 2.05) is 49.1 Å². The minimum atomic E-state index is 0.250. The van der Waals surface area contributed by atoms with Gasteiger partial charge in [-0.05, 0) is 43.4 Å². The lowest BCUT2D eigenvalue weighted by Crippen LogP contribution is -2.18. The summed E-state index contributed by atoms with van der Waals surface area (Å²) in [7, 11) is 1.91. The van der Waals surface area contributed by atoms with E-state index in [0.717, 1.165) is 22.7 Å².